The Kier molecular flexibility index (Phi) is 6.85. The molecule has 0 radical (unpaired) electrons. The molecule has 0 aromatic heterocycles. The smallest absolute Gasteiger partial charge is 0.262 e. The van der Waals surface area contributed by atoms with Crippen molar-refractivity contribution in [2.24, 2.45) is 0 Å². The van der Waals surface area contributed by atoms with Crippen molar-refractivity contribution in [3.05, 3.63) is 72.3 Å². The van der Waals surface area contributed by atoms with E-state index >= 15 is 0 Å². The maximum Gasteiger partial charge on any atom is 0.262 e. The number of sulfonamides is 1. The van der Waals surface area contributed by atoms with Crippen molar-refractivity contribution in [2.75, 3.05) is 29.9 Å². The maximum atomic E-state index is 12.8. The van der Waals surface area contributed by atoms with Crippen LogP contribution in [0.4, 0.5) is 11.4 Å². The Morgan fingerprint density at radius 1 is 0.941 bits per heavy atom. The second-order valence-electron chi connectivity index (χ2n) is 7.31. The average Bonchev–Trinajstić information content (AvgIpc) is 3.09. The number of fused-ring (bicyclic) bond motifs is 1. The summed E-state index contributed by atoms with van der Waals surface area (Å²) in [6.45, 7) is 0.752. The fourth-order valence-electron chi connectivity index (χ4n) is 3.12. The summed E-state index contributed by atoms with van der Waals surface area (Å²) < 4.78 is 44.6. The molecule has 4 rings (SSSR count). The van der Waals surface area contributed by atoms with Crippen molar-refractivity contribution in [1.29, 1.82) is 5.26 Å². The van der Waals surface area contributed by atoms with Gasteiger partial charge in [-0.05, 0) is 60.7 Å². The summed E-state index contributed by atoms with van der Waals surface area (Å²) in [7, 11) is -3.85. The fourth-order valence-corrected chi connectivity index (χ4v) is 4.19. The molecule has 0 unspecified atom stereocenters. The molecular formula is C24H21N3O6S. The SMILES string of the molecule is N#Cc1ccc(OCC(=O)Nc2ccc(NS(=O)(=O)c3ccc4c(c3)OCCCO4)cc2)cc1. The molecule has 0 aliphatic carbocycles. The van der Waals surface area contributed by atoms with Gasteiger partial charge in [0.1, 0.15) is 5.75 Å². The van der Waals surface area contributed by atoms with Gasteiger partial charge in [-0.15, -0.1) is 0 Å². The Morgan fingerprint density at radius 2 is 1.62 bits per heavy atom. The molecule has 0 saturated heterocycles. The van der Waals surface area contributed by atoms with Crippen molar-refractivity contribution in [1.82, 2.24) is 0 Å². The third-order valence-electron chi connectivity index (χ3n) is 4.80. The number of hydrogen-bond donors (Lipinski definition) is 2. The predicted octanol–water partition coefficient (Wildman–Crippen LogP) is 3.54. The normalized spacial score (nSPS) is 12.7. The number of nitrogens with one attached hydrogen (secondary N) is 2. The highest BCUT2D eigenvalue weighted by Crippen LogP contribution is 2.32. The lowest BCUT2D eigenvalue weighted by molar-refractivity contribution is -0.118. The largest absolute Gasteiger partial charge is 0.490 e. The number of benzene rings is 3. The van der Waals surface area contributed by atoms with E-state index in [0.717, 1.165) is 6.42 Å². The van der Waals surface area contributed by atoms with Gasteiger partial charge in [0.15, 0.2) is 18.1 Å². The van der Waals surface area contributed by atoms with Gasteiger partial charge in [0, 0.05) is 23.9 Å². The number of nitrogens with zero attached hydrogens (tertiary/aromatic N) is 1. The zero-order valence-corrected chi connectivity index (χ0v) is 18.8. The molecular weight excluding hydrogens is 458 g/mol. The maximum absolute atomic E-state index is 12.8. The monoisotopic (exact) mass is 479 g/mol. The van der Waals surface area contributed by atoms with Crippen LogP contribution in [-0.4, -0.2) is 34.1 Å². The van der Waals surface area contributed by atoms with E-state index in [1.807, 2.05) is 6.07 Å². The lowest BCUT2D eigenvalue weighted by atomic mass is 10.2. The van der Waals surface area contributed by atoms with E-state index in [4.69, 9.17) is 19.5 Å². The molecule has 0 spiro atoms. The minimum atomic E-state index is -3.85. The summed E-state index contributed by atoms with van der Waals surface area (Å²) in [6.07, 6.45) is 0.722. The summed E-state index contributed by atoms with van der Waals surface area (Å²) in [4.78, 5) is 12.2. The van der Waals surface area contributed by atoms with Gasteiger partial charge in [0.05, 0.1) is 29.7 Å². The number of nitriles is 1. The van der Waals surface area contributed by atoms with Crippen molar-refractivity contribution < 1.29 is 27.4 Å². The molecule has 3 aromatic carbocycles. The fraction of sp³-hybridized carbons (Fsp3) is 0.167. The Labute approximate surface area is 196 Å². The molecule has 1 aliphatic rings. The lowest BCUT2D eigenvalue weighted by Crippen LogP contribution is -2.20. The van der Waals surface area contributed by atoms with E-state index in [2.05, 4.69) is 10.0 Å². The van der Waals surface area contributed by atoms with E-state index in [9.17, 15) is 13.2 Å². The lowest BCUT2D eigenvalue weighted by Gasteiger charge is -2.12. The van der Waals surface area contributed by atoms with Crippen LogP contribution >= 0.6 is 0 Å². The van der Waals surface area contributed by atoms with Crippen LogP contribution in [-0.2, 0) is 14.8 Å². The zero-order chi connectivity index (χ0) is 24.0. The van der Waals surface area contributed by atoms with Crippen LogP contribution in [0.5, 0.6) is 17.2 Å². The van der Waals surface area contributed by atoms with Crippen LogP contribution < -0.4 is 24.2 Å². The summed E-state index contributed by atoms with van der Waals surface area (Å²) in [6, 6.07) is 19.1. The summed E-state index contributed by atoms with van der Waals surface area (Å²) in [5.41, 5.74) is 1.31. The number of carbonyl (C=O) groups excluding carboxylic acids is 1. The van der Waals surface area contributed by atoms with E-state index in [1.54, 1.807) is 42.5 Å². The number of amides is 1. The van der Waals surface area contributed by atoms with E-state index in [-0.39, 0.29) is 17.4 Å². The van der Waals surface area contributed by atoms with Gasteiger partial charge in [-0.1, -0.05) is 0 Å². The minimum absolute atomic E-state index is 0.0501. The molecule has 174 valence electrons. The number of hydrogen-bond acceptors (Lipinski definition) is 7. The quantitative estimate of drug-likeness (QED) is 0.531. The predicted molar refractivity (Wildman–Crippen MR) is 125 cm³/mol. The van der Waals surface area contributed by atoms with Crippen molar-refractivity contribution in [3.8, 4) is 23.3 Å². The van der Waals surface area contributed by atoms with Crippen LogP contribution in [0.3, 0.4) is 0 Å². The number of rotatable bonds is 7. The molecule has 0 fully saturated rings. The molecule has 0 atom stereocenters. The minimum Gasteiger partial charge on any atom is -0.490 e. The molecule has 3 aromatic rings. The van der Waals surface area contributed by atoms with Crippen LogP contribution in [0.25, 0.3) is 0 Å². The second-order valence-corrected chi connectivity index (χ2v) is 9.00. The zero-order valence-electron chi connectivity index (χ0n) is 18.0. The first-order valence-corrected chi connectivity index (χ1v) is 11.9. The van der Waals surface area contributed by atoms with Gasteiger partial charge >= 0.3 is 0 Å². The number of anilines is 2. The molecule has 1 heterocycles. The number of ether oxygens (including phenoxy) is 3. The van der Waals surface area contributed by atoms with E-state index in [0.29, 0.717) is 47.4 Å². The van der Waals surface area contributed by atoms with Gasteiger partial charge < -0.3 is 19.5 Å². The Bertz CT molecular complexity index is 1320. The van der Waals surface area contributed by atoms with Crippen LogP contribution in [0, 0.1) is 11.3 Å². The van der Waals surface area contributed by atoms with E-state index in [1.165, 1.54) is 24.3 Å². The summed E-state index contributed by atoms with van der Waals surface area (Å²) in [5.74, 6) is 0.986. The van der Waals surface area contributed by atoms with Crippen LogP contribution in [0.1, 0.15) is 12.0 Å². The Balaban J connectivity index is 1.34. The first-order chi connectivity index (χ1) is 16.4. The molecule has 1 amide bonds. The second kappa shape index (κ2) is 10.1. The summed E-state index contributed by atoms with van der Waals surface area (Å²) >= 11 is 0. The molecule has 10 heteroatoms. The molecule has 0 saturated carbocycles. The highest BCUT2D eigenvalue weighted by molar-refractivity contribution is 7.92. The first kappa shape index (κ1) is 22.9. The first-order valence-electron chi connectivity index (χ1n) is 10.4. The molecule has 2 N–H and O–H groups in total. The third kappa shape index (κ3) is 5.76. The van der Waals surface area contributed by atoms with Crippen molar-refractivity contribution in [3.63, 3.8) is 0 Å². The van der Waals surface area contributed by atoms with E-state index < -0.39 is 10.0 Å². The highest BCUT2D eigenvalue weighted by atomic mass is 32.2. The van der Waals surface area contributed by atoms with Crippen molar-refractivity contribution in [2.45, 2.75) is 11.3 Å². The topological polar surface area (TPSA) is 127 Å². The van der Waals surface area contributed by atoms with Gasteiger partial charge in [0.25, 0.3) is 15.9 Å². The standard InChI is InChI=1S/C24H21N3O6S/c25-15-17-2-8-20(9-3-17)33-16-24(28)26-18-4-6-19(7-5-18)27-34(29,30)21-10-11-22-23(14-21)32-13-1-12-31-22/h2-11,14,27H,1,12-13,16H2,(H,26,28). The number of carbonyl (C=O) groups is 1. The third-order valence-corrected chi connectivity index (χ3v) is 6.18. The summed E-state index contributed by atoms with van der Waals surface area (Å²) in [5, 5.41) is 11.5. The highest BCUT2D eigenvalue weighted by Gasteiger charge is 2.19. The molecule has 0 bridgehead atoms. The Hall–Kier alpha value is -4.23. The molecule has 9 nitrogen and oxygen atoms in total. The van der Waals surface area contributed by atoms with Gasteiger partial charge in [-0.25, -0.2) is 8.42 Å². The Morgan fingerprint density at radius 3 is 2.32 bits per heavy atom. The van der Waals surface area contributed by atoms with Gasteiger partial charge in [0.2, 0.25) is 0 Å². The van der Waals surface area contributed by atoms with Crippen LogP contribution in [0.15, 0.2) is 71.6 Å². The molecule has 1 aliphatic heterocycles. The molecule has 34 heavy (non-hydrogen) atoms. The average molecular weight is 480 g/mol. The van der Waals surface area contributed by atoms with Crippen LogP contribution in [0.2, 0.25) is 0 Å². The van der Waals surface area contributed by atoms with Gasteiger partial charge in [-0.3, -0.25) is 9.52 Å². The van der Waals surface area contributed by atoms with Crippen molar-refractivity contribution >= 4 is 27.3 Å². The van der Waals surface area contributed by atoms with Gasteiger partial charge in [-0.2, -0.15) is 5.26 Å².